The fourth-order valence-corrected chi connectivity index (χ4v) is 3.65. The van der Waals surface area contributed by atoms with Crippen molar-refractivity contribution >= 4 is 11.8 Å². The van der Waals surface area contributed by atoms with Gasteiger partial charge in [-0.1, -0.05) is 0 Å². The van der Waals surface area contributed by atoms with Crippen molar-refractivity contribution in [3.05, 3.63) is 0 Å². The van der Waals surface area contributed by atoms with Crippen LogP contribution in [0.3, 0.4) is 0 Å². The molecular weight excluding hydrogens is 194 g/mol. The van der Waals surface area contributed by atoms with Crippen LogP contribution in [-0.2, 0) is 4.74 Å². The maximum atomic E-state index is 6.22. The second kappa shape index (κ2) is 5.38. The van der Waals surface area contributed by atoms with E-state index in [2.05, 4.69) is 11.8 Å². The van der Waals surface area contributed by atoms with Crippen molar-refractivity contribution in [2.45, 2.75) is 31.7 Å². The summed E-state index contributed by atoms with van der Waals surface area (Å²) in [6.45, 7) is 1.83. The topological polar surface area (TPSA) is 35.2 Å². The van der Waals surface area contributed by atoms with Crippen molar-refractivity contribution in [1.29, 1.82) is 0 Å². The van der Waals surface area contributed by atoms with E-state index < -0.39 is 0 Å². The third-order valence-corrected chi connectivity index (χ3v) is 4.57. The Labute approximate surface area is 91.0 Å². The summed E-state index contributed by atoms with van der Waals surface area (Å²) in [4.78, 5) is 0. The zero-order valence-electron chi connectivity index (χ0n) is 8.78. The van der Waals surface area contributed by atoms with Crippen molar-refractivity contribution in [1.82, 2.24) is 0 Å². The lowest BCUT2D eigenvalue weighted by Gasteiger charge is -2.26. The average molecular weight is 215 g/mol. The summed E-state index contributed by atoms with van der Waals surface area (Å²) < 4.78 is 5.38. The second-order valence-electron chi connectivity index (χ2n) is 4.58. The van der Waals surface area contributed by atoms with Gasteiger partial charge < -0.3 is 10.5 Å². The number of rotatable bonds is 3. The van der Waals surface area contributed by atoms with Crippen LogP contribution in [0.5, 0.6) is 0 Å². The van der Waals surface area contributed by atoms with Gasteiger partial charge in [-0.2, -0.15) is 11.8 Å². The number of hydrogen-bond donors (Lipinski definition) is 1. The molecule has 82 valence electrons. The standard InChI is InChI=1S/C11H21NOS/c12-11(10-1-4-13-8-10)7-9-2-5-14-6-3-9/h9-11H,1-8,12H2. The van der Waals surface area contributed by atoms with Gasteiger partial charge in [-0.3, -0.25) is 0 Å². The van der Waals surface area contributed by atoms with E-state index in [1.807, 2.05) is 0 Å². The molecule has 2 heterocycles. The van der Waals surface area contributed by atoms with Gasteiger partial charge >= 0.3 is 0 Å². The smallest absolute Gasteiger partial charge is 0.0509 e. The number of ether oxygens (including phenoxy) is 1. The Balaban J connectivity index is 1.72. The quantitative estimate of drug-likeness (QED) is 0.781. The van der Waals surface area contributed by atoms with Crippen LogP contribution in [0.1, 0.15) is 25.7 Å². The Morgan fingerprint density at radius 1 is 1.29 bits per heavy atom. The summed E-state index contributed by atoms with van der Waals surface area (Å²) >= 11 is 2.09. The van der Waals surface area contributed by atoms with E-state index in [-0.39, 0.29) is 0 Å². The van der Waals surface area contributed by atoms with Gasteiger partial charge in [0.2, 0.25) is 0 Å². The fraction of sp³-hybridized carbons (Fsp3) is 1.00. The lowest BCUT2D eigenvalue weighted by Crippen LogP contribution is -2.33. The van der Waals surface area contributed by atoms with Crippen molar-refractivity contribution in [3.8, 4) is 0 Å². The van der Waals surface area contributed by atoms with Gasteiger partial charge in [0.25, 0.3) is 0 Å². The molecule has 2 unspecified atom stereocenters. The summed E-state index contributed by atoms with van der Waals surface area (Å²) in [5, 5.41) is 0. The maximum Gasteiger partial charge on any atom is 0.0509 e. The van der Waals surface area contributed by atoms with Crippen LogP contribution in [0.25, 0.3) is 0 Å². The normalized spacial score (nSPS) is 31.9. The molecule has 2 fully saturated rings. The molecule has 2 aliphatic heterocycles. The highest BCUT2D eigenvalue weighted by Gasteiger charge is 2.25. The molecular formula is C11H21NOS. The molecule has 0 radical (unpaired) electrons. The van der Waals surface area contributed by atoms with E-state index in [0.29, 0.717) is 12.0 Å². The second-order valence-corrected chi connectivity index (χ2v) is 5.80. The Kier molecular flexibility index (Phi) is 4.14. The SMILES string of the molecule is NC(CC1CCSCC1)C1CCOC1. The van der Waals surface area contributed by atoms with Gasteiger partial charge in [-0.15, -0.1) is 0 Å². The zero-order chi connectivity index (χ0) is 9.80. The zero-order valence-corrected chi connectivity index (χ0v) is 9.60. The summed E-state index contributed by atoms with van der Waals surface area (Å²) in [5.41, 5.74) is 6.22. The van der Waals surface area contributed by atoms with Gasteiger partial charge in [0, 0.05) is 12.6 Å². The van der Waals surface area contributed by atoms with Crippen molar-refractivity contribution in [3.63, 3.8) is 0 Å². The molecule has 0 aromatic carbocycles. The molecule has 0 aromatic heterocycles. The van der Waals surface area contributed by atoms with E-state index >= 15 is 0 Å². The summed E-state index contributed by atoms with van der Waals surface area (Å²) in [7, 11) is 0. The Bertz CT molecular complexity index is 165. The van der Waals surface area contributed by atoms with Gasteiger partial charge in [-0.25, -0.2) is 0 Å². The molecule has 2 atom stereocenters. The Morgan fingerprint density at radius 2 is 2.07 bits per heavy atom. The summed E-state index contributed by atoms with van der Waals surface area (Å²) in [5.74, 6) is 4.23. The molecule has 0 aliphatic carbocycles. The summed E-state index contributed by atoms with van der Waals surface area (Å²) in [6.07, 6.45) is 5.18. The third-order valence-electron chi connectivity index (χ3n) is 3.52. The molecule has 2 N–H and O–H groups in total. The van der Waals surface area contributed by atoms with Gasteiger partial charge in [0.15, 0.2) is 0 Å². The van der Waals surface area contributed by atoms with Crippen molar-refractivity contribution in [2.24, 2.45) is 17.6 Å². The number of thioether (sulfide) groups is 1. The Hall–Kier alpha value is 0.270. The minimum atomic E-state index is 0.394. The first-order valence-corrected chi connectivity index (χ1v) is 6.93. The van der Waals surface area contributed by atoms with E-state index in [1.54, 1.807) is 0 Å². The third kappa shape index (κ3) is 2.88. The summed E-state index contributed by atoms with van der Waals surface area (Å²) in [6, 6.07) is 0.394. The molecule has 3 heteroatoms. The van der Waals surface area contributed by atoms with E-state index in [1.165, 1.54) is 37.2 Å². The average Bonchev–Trinajstić information content (AvgIpc) is 2.72. The molecule has 0 bridgehead atoms. The van der Waals surface area contributed by atoms with E-state index in [4.69, 9.17) is 10.5 Å². The van der Waals surface area contributed by atoms with Crippen molar-refractivity contribution in [2.75, 3.05) is 24.7 Å². The van der Waals surface area contributed by atoms with Crippen LogP contribution in [0.4, 0.5) is 0 Å². The van der Waals surface area contributed by atoms with Gasteiger partial charge in [-0.05, 0) is 49.0 Å². The first kappa shape index (κ1) is 10.8. The number of nitrogens with two attached hydrogens (primary N) is 1. The highest BCUT2D eigenvalue weighted by molar-refractivity contribution is 7.99. The van der Waals surface area contributed by atoms with Crippen LogP contribution in [0.2, 0.25) is 0 Å². The van der Waals surface area contributed by atoms with Crippen molar-refractivity contribution < 1.29 is 4.74 Å². The molecule has 2 aliphatic rings. The van der Waals surface area contributed by atoms with Crippen LogP contribution < -0.4 is 5.73 Å². The monoisotopic (exact) mass is 215 g/mol. The maximum absolute atomic E-state index is 6.22. The predicted octanol–water partition coefficient (Wildman–Crippen LogP) is 1.88. The molecule has 0 spiro atoms. The Morgan fingerprint density at radius 3 is 2.71 bits per heavy atom. The van der Waals surface area contributed by atoms with Gasteiger partial charge in [0.1, 0.15) is 0 Å². The molecule has 2 nitrogen and oxygen atoms in total. The first-order chi connectivity index (χ1) is 6.86. The highest BCUT2D eigenvalue weighted by Crippen LogP contribution is 2.28. The largest absolute Gasteiger partial charge is 0.381 e. The highest BCUT2D eigenvalue weighted by atomic mass is 32.2. The minimum Gasteiger partial charge on any atom is -0.381 e. The lowest BCUT2D eigenvalue weighted by atomic mass is 9.88. The molecule has 0 amide bonds. The molecule has 0 aromatic rings. The molecule has 0 saturated carbocycles. The van der Waals surface area contributed by atoms with Crippen LogP contribution in [0, 0.1) is 11.8 Å². The molecule has 2 saturated heterocycles. The number of hydrogen-bond acceptors (Lipinski definition) is 3. The predicted molar refractivity (Wildman–Crippen MR) is 61.6 cm³/mol. The minimum absolute atomic E-state index is 0.394. The van der Waals surface area contributed by atoms with E-state index in [9.17, 15) is 0 Å². The molecule has 14 heavy (non-hydrogen) atoms. The van der Waals surface area contributed by atoms with Gasteiger partial charge in [0.05, 0.1) is 6.61 Å². The molecule has 2 rings (SSSR count). The van der Waals surface area contributed by atoms with Crippen LogP contribution in [0.15, 0.2) is 0 Å². The fourth-order valence-electron chi connectivity index (χ4n) is 2.45. The lowest BCUT2D eigenvalue weighted by molar-refractivity contribution is 0.177. The van der Waals surface area contributed by atoms with Crippen LogP contribution in [-0.4, -0.2) is 30.8 Å². The first-order valence-electron chi connectivity index (χ1n) is 5.77. The van der Waals surface area contributed by atoms with Crippen LogP contribution >= 0.6 is 11.8 Å². The van der Waals surface area contributed by atoms with E-state index in [0.717, 1.165) is 19.1 Å².